The van der Waals surface area contributed by atoms with Crippen LogP contribution in [0.3, 0.4) is 0 Å². The SMILES string of the molecule is C=Nc1c(CC)nc2sc(Br)nn12. The maximum absolute atomic E-state index is 4.38. The molecule has 2 rings (SSSR count). The first-order valence-electron chi connectivity index (χ1n) is 3.77. The van der Waals surface area contributed by atoms with Crippen LogP contribution in [0.2, 0.25) is 0 Å². The normalized spacial score (nSPS) is 10.9. The molecule has 0 aliphatic heterocycles. The van der Waals surface area contributed by atoms with E-state index in [0.29, 0.717) is 0 Å². The highest BCUT2D eigenvalue weighted by Crippen LogP contribution is 2.27. The van der Waals surface area contributed by atoms with Crippen molar-refractivity contribution in [2.24, 2.45) is 4.99 Å². The van der Waals surface area contributed by atoms with E-state index in [1.54, 1.807) is 4.52 Å². The summed E-state index contributed by atoms with van der Waals surface area (Å²) in [6.07, 6.45) is 0.849. The van der Waals surface area contributed by atoms with Gasteiger partial charge in [0.25, 0.3) is 0 Å². The molecule has 0 aromatic carbocycles. The second kappa shape index (κ2) is 3.19. The van der Waals surface area contributed by atoms with Crippen molar-refractivity contribution >= 4 is 44.8 Å². The largest absolute Gasteiger partial charge is 0.243 e. The molecule has 2 aromatic rings. The van der Waals surface area contributed by atoms with E-state index in [2.05, 4.69) is 37.7 Å². The predicted octanol–water partition coefficient (Wildman–Crippen LogP) is 2.45. The van der Waals surface area contributed by atoms with Crippen LogP contribution in [0.4, 0.5) is 5.82 Å². The molecule has 13 heavy (non-hydrogen) atoms. The van der Waals surface area contributed by atoms with Crippen LogP contribution < -0.4 is 0 Å². The number of rotatable bonds is 2. The Morgan fingerprint density at radius 3 is 3.08 bits per heavy atom. The number of aliphatic imine (C=N–C) groups is 1. The lowest BCUT2D eigenvalue weighted by atomic mass is 10.3. The first kappa shape index (κ1) is 8.83. The van der Waals surface area contributed by atoms with Gasteiger partial charge in [0.05, 0.1) is 5.69 Å². The van der Waals surface area contributed by atoms with Crippen LogP contribution in [0.15, 0.2) is 8.91 Å². The second-order valence-electron chi connectivity index (χ2n) is 2.44. The highest BCUT2D eigenvalue weighted by atomic mass is 79.9. The smallest absolute Gasteiger partial charge is 0.215 e. The Morgan fingerprint density at radius 1 is 1.69 bits per heavy atom. The number of hydrogen-bond acceptors (Lipinski definition) is 4. The van der Waals surface area contributed by atoms with Gasteiger partial charge in [-0.05, 0) is 29.1 Å². The van der Waals surface area contributed by atoms with Crippen LogP contribution in [0.1, 0.15) is 12.6 Å². The van der Waals surface area contributed by atoms with Gasteiger partial charge < -0.3 is 0 Å². The van der Waals surface area contributed by atoms with Crippen molar-refractivity contribution in [1.29, 1.82) is 0 Å². The van der Waals surface area contributed by atoms with Crippen molar-refractivity contribution < 1.29 is 0 Å². The topological polar surface area (TPSA) is 42.5 Å². The van der Waals surface area contributed by atoms with Gasteiger partial charge in [-0.25, -0.2) is 9.98 Å². The lowest BCUT2D eigenvalue weighted by Gasteiger charge is -1.90. The van der Waals surface area contributed by atoms with Gasteiger partial charge in [-0.1, -0.05) is 18.3 Å². The molecule has 0 amide bonds. The van der Waals surface area contributed by atoms with E-state index < -0.39 is 0 Å². The van der Waals surface area contributed by atoms with Gasteiger partial charge in [-0.3, -0.25) is 0 Å². The van der Waals surface area contributed by atoms with E-state index >= 15 is 0 Å². The summed E-state index contributed by atoms with van der Waals surface area (Å²) in [5.41, 5.74) is 0.946. The minimum Gasteiger partial charge on any atom is -0.243 e. The maximum Gasteiger partial charge on any atom is 0.215 e. The number of halogens is 1. The molecule has 0 saturated carbocycles. The molecule has 0 fully saturated rings. The van der Waals surface area contributed by atoms with E-state index in [4.69, 9.17) is 0 Å². The molecule has 0 radical (unpaired) electrons. The molecule has 68 valence electrons. The van der Waals surface area contributed by atoms with Crippen LogP contribution in [0.5, 0.6) is 0 Å². The van der Waals surface area contributed by atoms with Crippen LogP contribution in [-0.4, -0.2) is 21.3 Å². The maximum atomic E-state index is 4.38. The molecular formula is C7H7BrN4S. The molecule has 4 nitrogen and oxygen atoms in total. The highest BCUT2D eigenvalue weighted by Gasteiger charge is 2.12. The zero-order valence-electron chi connectivity index (χ0n) is 6.99. The summed E-state index contributed by atoms with van der Waals surface area (Å²) >= 11 is 4.79. The Kier molecular flexibility index (Phi) is 2.17. The fourth-order valence-corrected chi connectivity index (χ4v) is 2.39. The number of fused-ring (bicyclic) bond motifs is 1. The summed E-state index contributed by atoms with van der Waals surface area (Å²) in [6.45, 7) is 5.55. The van der Waals surface area contributed by atoms with Gasteiger partial charge in [0.2, 0.25) is 4.96 Å². The zero-order chi connectivity index (χ0) is 9.42. The van der Waals surface area contributed by atoms with E-state index in [1.807, 2.05) is 6.92 Å². The van der Waals surface area contributed by atoms with Crippen LogP contribution >= 0.6 is 27.3 Å². The average molecular weight is 259 g/mol. The fraction of sp³-hybridized carbons (Fsp3) is 0.286. The molecule has 0 atom stereocenters. The number of aromatic nitrogens is 3. The third kappa shape index (κ3) is 1.30. The van der Waals surface area contributed by atoms with Gasteiger partial charge >= 0.3 is 0 Å². The average Bonchev–Trinajstić information content (AvgIpc) is 2.59. The van der Waals surface area contributed by atoms with Gasteiger partial charge in [0.15, 0.2) is 9.73 Å². The summed E-state index contributed by atoms with van der Waals surface area (Å²) in [5, 5.41) is 4.21. The van der Waals surface area contributed by atoms with Crippen molar-refractivity contribution in [1.82, 2.24) is 14.6 Å². The van der Waals surface area contributed by atoms with Crippen molar-refractivity contribution in [3.8, 4) is 0 Å². The third-order valence-electron chi connectivity index (χ3n) is 1.71. The summed E-state index contributed by atoms with van der Waals surface area (Å²) in [5.74, 6) is 0.749. The lowest BCUT2D eigenvalue weighted by molar-refractivity contribution is 0.948. The van der Waals surface area contributed by atoms with E-state index in [0.717, 1.165) is 26.8 Å². The van der Waals surface area contributed by atoms with Gasteiger partial charge in [0.1, 0.15) is 0 Å². The summed E-state index contributed by atoms with van der Waals surface area (Å²) in [4.78, 5) is 9.15. The Balaban J connectivity index is 2.77. The fourth-order valence-electron chi connectivity index (χ4n) is 1.15. The summed E-state index contributed by atoms with van der Waals surface area (Å²) in [6, 6.07) is 0. The molecular weight excluding hydrogens is 252 g/mol. The first-order valence-corrected chi connectivity index (χ1v) is 5.38. The van der Waals surface area contributed by atoms with Crippen molar-refractivity contribution in [2.45, 2.75) is 13.3 Å². The molecule has 2 aromatic heterocycles. The molecule has 0 N–H and O–H groups in total. The van der Waals surface area contributed by atoms with E-state index in [1.165, 1.54) is 11.3 Å². The van der Waals surface area contributed by atoms with Crippen LogP contribution in [0.25, 0.3) is 4.96 Å². The van der Waals surface area contributed by atoms with E-state index in [9.17, 15) is 0 Å². The Morgan fingerprint density at radius 2 is 2.46 bits per heavy atom. The third-order valence-corrected chi connectivity index (χ3v) is 3.05. The molecule has 6 heteroatoms. The van der Waals surface area contributed by atoms with Gasteiger partial charge in [0, 0.05) is 0 Å². The van der Waals surface area contributed by atoms with Crippen LogP contribution in [0, 0.1) is 0 Å². The zero-order valence-corrected chi connectivity index (χ0v) is 9.39. The number of aryl methyl sites for hydroxylation is 1. The quantitative estimate of drug-likeness (QED) is 0.777. The minimum atomic E-state index is 0.749. The Hall–Kier alpha value is -0.750. The number of hydrogen-bond donors (Lipinski definition) is 0. The molecule has 0 aliphatic rings. The standard InChI is InChI=1S/C7H7BrN4S/c1-3-4-5(9-2)12-7(10-4)13-6(8)11-12/h2-3H2,1H3. The molecule has 0 unspecified atom stereocenters. The van der Waals surface area contributed by atoms with Crippen molar-refractivity contribution in [2.75, 3.05) is 0 Å². The lowest BCUT2D eigenvalue weighted by Crippen LogP contribution is -1.84. The summed E-state index contributed by atoms with van der Waals surface area (Å²) < 4.78 is 2.52. The Bertz CT molecular complexity index is 458. The molecule has 0 spiro atoms. The minimum absolute atomic E-state index is 0.749. The number of imidazole rings is 1. The van der Waals surface area contributed by atoms with Gasteiger partial charge in [-0.2, -0.15) is 4.52 Å². The number of nitrogens with zero attached hydrogens (tertiary/aromatic N) is 4. The molecule has 0 aliphatic carbocycles. The second-order valence-corrected chi connectivity index (χ2v) is 4.68. The molecule has 2 heterocycles. The molecule has 0 bridgehead atoms. The monoisotopic (exact) mass is 258 g/mol. The first-order chi connectivity index (χ1) is 6.26. The highest BCUT2D eigenvalue weighted by molar-refractivity contribution is 9.11. The van der Waals surface area contributed by atoms with Crippen molar-refractivity contribution in [3.63, 3.8) is 0 Å². The van der Waals surface area contributed by atoms with E-state index in [-0.39, 0.29) is 0 Å². The Labute approximate surface area is 87.5 Å². The van der Waals surface area contributed by atoms with Gasteiger partial charge in [-0.15, -0.1) is 5.10 Å². The predicted molar refractivity (Wildman–Crippen MR) is 57.2 cm³/mol. The van der Waals surface area contributed by atoms with Crippen molar-refractivity contribution in [3.05, 3.63) is 9.61 Å². The summed E-state index contributed by atoms with van der Waals surface area (Å²) in [7, 11) is 0. The van der Waals surface area contributed by atoms with Crippen LogP contribution in [-0.2, 0) is 6.42 Å². The molecule has 0 saturated heterocycles.